The van der Waals surface area contributed by atoms with Crippen LogP contribution in [-0.2, 0) is 4.79 Å². The van der Waals surface area contributed by atoms with Gasteiger partial charge in [0.1, 0.15) is 0 Å². The Morgan fingerprint density at radius 3 is 2.79 bits per heavy atom. The average Bonchev–Trinajstić information content (AvgIpc) is 2.67. The molecule has 3 nitrogen and oxygen atoms in total. The van der Waals surface area contributed by atoms with E-state index in [0.717, 1.165) is 15.5 Å². The van der Waals surface area contributed by atoms with Crippen molar-refractivity contribution in [2.24, 2.45) is 0 Å². The second-order valence-corrected chi connectivity index (χ2v) is 6.56. The van der Waals surface area contributed by atoms with Crippen molar-refractivity contribution >= 4 is 45.7 Å². The van der Waals surface area contributed by atoms with E-state index >= 15 is 0 Å². The van der Waals surface area contributed by atoms with E-state index in [1.165, 1.54) is 23.1 Å². The molecule has 0 saturated carbocycles. The van der Waals surface area contributed by atoms with Gasteiger partial charge in [0.15, 0.2) is 5.13 Å². The molecule has 0 atom stereocenters. The van der Waals surface area contributed by atoms with Crippen molar-refractivity contribution in [2.75, 3.05) is 11.1 Å². The first kappa shape index (κ1) is 14.4. The molecule has 0 aliphatic rings. The van der Waals surface area contributed by atoms with Crippen LogP contribution in [0.3, 0.4) is 0 Å². The van der Waals surface area contributed by atoms with Gasteiger partial charge in [-0.3, -0.25) is 4.79 Å². The molecule has 1 amide bonds. The highest BCUT2D eigenvalue weighted by atomic mass is 35.5. The van der Waals surface area contributed by atoms with Gasteiger partial charge in [-0.1, -0.05) is 23.7 Å². The van der Waals surface area contributed by atoms with Crippen LogP contribution < -0.4 is 5.32 Å². The van der Waals surface area contributed by atoms with Crippen LogP contribution >= 0.6 is 34.7 Å². The lowest BCUT2D eigenvalue weighted by molar-refractivity contribution is -0.113. The summed E-state index contributed by atoms with van der Waals surface area (Å²) in [5, 5.41) is 4.12. The second kappa shape index (κ2) is 6.41. The van der Waals surface area contributed by atoms with Gasteiger partial charge < -0.3 is 5.32 Å². The van der Waals surface area contributed by atoms with E-state index in [2.05, 4.69) is 10.3 Å². The zero-order valence-electron chi connectivity index (χ0n) is 10.6. The number of amides is 1. The number of hydrogen-bond donors (Lipinski definition) is 1. The number of thioether (sulfide) groups is 1. The number of aryl methyl sites for hydroxylation is 2. The Balaban J connectivity index is 1.90. The highest BCUT2D eigenvalue weighted by Crippen LogP contribution is 2.27. The molecule has 6 heteroatoms. The summed E-state index contributed by atoms with van der Waals surface area (Å²) in [5.41, 5.74) is 0.957. The fourth-order valence-electron chi connectivity index (χ4n) is 1.39. The van der Waals surface area contributed by atoms with E-state index in [1.807, 2.05) is 38.1 Å². The normalized spacial score (nSPS) is 10.5. The van der Waals surface area contributed by atoms with Gasteiger partial charge in [0.2, 0.25) is 5.91 Å². The number of carbonyl (C=O) groups is 1. The maximum Gasteiger partial charge on any atom is 0.236 e. The van der Waals surface area contributed by atoms with Crippen LogP contribution in [0.25, 0.3) is 0 Å². The molecule has 0 aliphatic heterocycles. The van der Waals surface area contributed by atoms with Gasteiger partial charge in [-0.2, -0.15) is 0 Å². The number of nitrogens with one attached hydrogen (secondary N) is 1. The summed E-state index contributed by atoms with van der Waals surface area (Å²) < 4.78 is 0. The van der Waals surface area contributed by atoms with Crippen molar-refractivity contribution in [1.82, 2.24) is 4.98 Å². The SMILES string of the molecule is Cc1nc(NC(=O)CSc2ccccc2Cl)sc1C. The van der Waals surface area contributed by atoms with Crippen molar-refractivity contribution in [1.29, 1.82) is 0 Å². The Bertz CT molecular complexity index is 579. The summed E-state index contributed by atoms with van der Waals surface area (Å²) in [6.07, 6.45) is 0. The molecule has 100 valence electrons. The van der Waals surface area contributed by atoms with Crippen LogP contribution in [0.4, 0.5) is 5.13 Å². The van der Waals surface area contributed by atoms with Crippen molar-refractivity contribution in [2.45, 2.75) is 18.7 Å². The molecule has 0 spiro atoms. The zero-order chi connectivity index (χ0) is 13.8. The molecule has 0 unspecified atom stereocenters. The van der Waals surface area contributed by atoms with Gasteiger partial charge in [-0.15, -0.1) is 23.1 Å². The van der Waals surface area contributed by atoms with Crippen molar-refractivity contribution in [3.05, 3.63) is 39.9 Å². The second-order valence-electron chi connectivity index (χ2n) is 3.93. The summed E-state index contributed by atoms with van der Waals surface area (Å²) in [6.45, 7) is 3.92. The Kier molecular flexibility index (Phi) is 4.85. The maximum atomic E-state index is 11.8. The molecule has 1 aromatic carbocycles. The minimum absolute atomic E-state index is 0.0707. The fraction of sp³-hybridized carbons (Fsp3) is 0.231. The molecule has 2 rings (SSSR count). The maximum absolute atomic E-state index is 11.8. The lowest BCUT2D eigenvalue weighted by atomic mass is 10.4. The third-order valence-corrected chi connectivity index (χ3v) is 4.97. The van der Waals surface area contributed by atoms with E-state index in [-0.39, 0.29) is 5.91 Å². The Morgan fingerprint density at radius 1 is 1.42 bits per heavy atom. The minimum atomic E-state index is -0.0707. The molecule has 2 aromatic rings. The molecule has 0 aliphatic carbocycles. The van der Waals surface area contributed by atoms with E-state index in [0.29, 0.717) is 15.9 Å². The molecular formula is C13H13ClN2OS2. The number of nitrogens with zero attached hydrogens (tertiary/aromatic N) is 1. The summed E-state index contributed by atoms with van der Waals surface area (Å²) >= 11 is 8.94. The largest absolute Gasteiger partial charge is 0.301 e. The number of anilines is 1. The number of rotatable bonds is 4. The molecule has 19 heavy (non-hydrogen) atoms. The van der Waals surface area contributed by atoms with Gasteiger partial charge in [0.25, 0.3) is 0 Å². The summed E-state index contributed by atoms with van der Waals surface area (Å²) in [5.74, 6) is 0.250. The first-order valence-corrected chi connectivity index (χ1v) is 7.85. The quantitative estimate of drug-likeness (QED) is 0.863. The van der Waals surface area contributed by atoms with Crippen molar-refractivity contribution in [3.8, 4) is 0 Å². The number of halogens is 1. The van der Waals surface area contributed by atoms with Gasteiger partial charge in [0, 0.05) is 9.77 Å². The molecule has 1 N–H and O–H groups in total. The fourth-order valence-corrected chi connectivity index (χ4v) is 3.26. The summed E-state index contributed by atoms with van der Waals surface area (Å²) in [7, 11) is 0. The van der Waals surface area contributed by atoms with Gasteiger partial charge in [-0.05, 0) is 26.0 Å². The number of benzene rings is 1. The van der Waals surface area contributed by atoms with E-state index in [9.17, 15) is 4.79 Å². The van der Waals surface area contributed by atoms with Crippen LogP contribution in [-0.4, -0.2) is 16.6 Å². The Morgan fingerprint density at radius 2 is 2.16 bits per heavy atom. The highest BCUT2D eigenvalue weighted by Gasteiger charge is 2.09. The summed E-state index contributed by atoms with van der Waals surface area (Å²) in [6, 6.07) is 7.49. The third-order valence-electron chi connectivity index (χ3n) is 2.47. The molecule has 0 saturated heterocycles. The van der Waals surface area contributed by atoms with E-state index in [1.54, 1.807) is 0 Å². The van der Waals surface area contributed by atoms with Crippen LogP contribution in [0.1, 0.15) is 10.6 Å². The zero-order valence-corrected chi connectivity index (χ0v) is 13.0. The Labute approximate surface area is 125 Å². The van der Waals surface area contributed by atoms with E-state index < -0.39 is 0 Å². The first-order chi connectivity index (χ1) is 9.06. The average molecular weight is 313 g/mol. The summed E-state index contributed by atoms with van der Waals surface area (Å²) in [4.78, 5) is 18.1. The van der Waals surface area contributed by atoms with Crippen LogP contribution in [0.15, 0.2) is 29.2 Å². The Hall–Kier alpha value is -1.04. The molecular weight excluding hydrogens is 300 g/mol. The highest BCUT2D eigenvalue weighted by molar-refractivity contribution is 8.00. The number of thiazole rings is 1. The molecule has 0 radical (unpaired) electrons. The lowest BCUT2D eigenvalue weighted by Crippen LogP contribution is -2.13. The standard InChI is InChI=1S/C13H13ClN2OS2/c1-8-9(2)19-13(15-8)16-12(17)7-18-11-6-4-3-5-10(11)14/h3-6H,7H2,1-2H3,(H,15,16,17). The monoisotopic (exact) mass is 312 g/mol. The number of aromatic nitrogens is 1. The first-order valence-electron chi connectivity index (χ1n) is 5.67. The van der Waals surface area contributed by atoms with Crippen LogP contribution in [0, 0.1) is 13.8 Å². The molecule has 1 aromatic heterocycles. The van der Waals surface area contributed by atoms with Gasteiger partial charge in [-0.25, -0.2) is 4.98 Å². The third kappa shape index (κ3) is 3.96. The predicted molar refractivity (Wildman–Crippen MR) is 82.4 cm³/mol. The lowest BCUT2D eigenvalue weighted by Gasteiger charge is -2.03. The van der Waals surface area contributed by atoms with Crippen molar-refractivity contribution < 1.29 is 4.79 Å². The number of hydrogen-bond acceptors (Lipinski definition) is 4. The van der Waals surface area contributed by atoms with E-state index in [4.69, 9.17) is 11.6 Å². The molecule has 0 fully saturated rings. The van der Waals surface area contributed by atoms with Crippen LogP contribution in [0.2, 0.25) is 5.02 Å². The topological polar surface area (TPSA) is 42.0 Å². The minimum Gasteiger partial charge on any atom is -0.301 e. The van der Waals surface area contributed by atoms with Crippen LogP contribution in [0.5, 0.6) is 0 Å². The smallest absolute Gasteiger partial charge is 0.236 e. The van der Waals surface area contributed by atoms with Gasteiger partial charge in [0.05, 0.1) is 16.5 Å². The molecule has 1 heterocycles. The van der Waals surface area contributed by atoms with Crippen molar-refractivity contribution in [3.63, 3.8) is 0 Å². The number of carbonyl (C=O) groups excluding carboxylic acids is 1. The predicted octanol–water partition coefficient (Wildman–Crippen LogP) is 4.14. The van der Waals surface area contributed by atoms with Gasteiger partial charge >= 0.3 is 0 Å². The molecule has 0 bridgehead atoms.